The molecule has 0 radical (unpaired) electrons. The smallest absolute Gasteiger partial charge is 0.0636 e. The predicted octanol–water partition coefficient (Wildman–Crippen LogP) is 3.07. The third-order valence-electron chi connectivity index (χ3n) is 2.75. The minimum Gasteiger partial charge on any atom is -0.344 e. The first kappa shape index (κ1) is 12.4. The summed E-state index contributed by atoms with van der Waals surface area (Å²) in [6.07, 6.45) is 0. The molecule has 84 valence electrons. The molecule has 0 atom stereocenters. The minimum absolute atomic E-state index is 0. The van der Waals surface area contributed by atoms with E-state index in [4.69, 9.17) is 5.73 Å². The number of rotatable bonds is 2. The summed E-state index contributed by atoms with van der Waals surface area (Å²) in [7, 11) is 0. The molecule has 0 unspecified atom stereocenters. The highest BCUT2D eigenvalue weighted by Crippen LogP contribution is 2.25. The summed E-state index contributed by atoms with van der Waals surface area (Å²) in [4.78, 5) is 0. The van der Waals surface area contributed by atoms with Crippen molar-refractivity contribution in [2.75, 3.05) is 0 Å². The first-order valence-corrected chi connectivity index (χ1v) is 5.11. The lowest BCUT2D eigenvalue weighted by Crippen LogP contribution is -2.34. The molecule has 0 saturated heterocycles. The van der Waals surface area contributed by atoms with E-state index in [-0.39, 0.29) is 6.15 Å². The first-order valence-electron chi connectivity index (χ1n) is 5.11. The second-order valence-corrected chi connectivity index (χ2v) is 3.93. The Morgan fingerprint density at radius 3 is 1.38 bits per heavy atom. The average molecular weight is 214 g/mol. The molecule has 0 fully saturated rings. The predicted molar refractivity (Wildman–Crippen MR) is 68.5 cm³/mol. The van der Waals surface area contributed by atoms with Crippen molar-refractivity contribution in [2.24, 2.45) is 5.73 Å². The maximum atomic E-state index is 6.36. The molecule has 2 rings (SSSR count). The van der Waals surface area contributed by atoms with Gasteiger partial charge in [0.1, 0.15) is 0 Å². The normalized spacial score (nSPS) is 10.6. The van der Waals surface area contributed by atoms with Crippen LogP contribution in [0.15, 0.2) is 60.7 Å². The van der Waals surface area contributed by atoms with Crippen molar-refractivity contribution in [2.45, 2.75) is 12.5 Å². The van der Waals surface area contributed by atoms with E-state index in [1.807, 2.05) is 43.3 Å². The van der Waals surface area contributed by atoms with Gasteiger partial charge in [-0.2, -0.15) is 0 Å². The fourth-order valence-corrected chi connectivity index (χ4v) is 1.74. The molecular formula is C14H18N2. The molecule has 5 N–H and O–H groups in total. The fraction of sp³-hybridized carbons (Fsp3) is 0.143. The van der Waals surface area contributed by atoms with Crippen LogP contribution in [0, 0.1) is 0 Å². The van der Waals surface area contributed by atoms with Gasteiger partial charge in [-0.1, -0.05) is 60.7 Å². The third kappa shape index (κ3) is 2.30. The van der Waals surface area contributed by atoms with Gasteiger partial charge in [0.2, 0.25) is 0 Å². The second kappa shape index (κ2) is 4.92. The Balaban J connectivity index is 0.00000128. The van der Waals surface area contributed by atoms with Crippen molar-refractivity contribution < 1.29 is 0 Å². The Labute approximate surface area is 96.7 Å². The molecule has 0 aliphatic carbocycles. The highest BCUT2D eigenvalue weighted by molar-refractivity contribution is 5.36. The van der Waals surface area contributed by atoms with E-state index in [0.29, 0.717) is 0 Å². The monoisotopic (exact) mass is 214 g/mol. The minimum atomic E-state index is -0.414. The van der Waals surface area contributed by atoms with Crippen LogP contribution in [-0.4, -0.2) is 0 Å². The lowest BCUT2D eigenvalue weighted by atomic mass is 9.86. The Hall–Kier alpha value is -1.64. The molecule has 0 bridgehead atoms. The Kier molecular flexibility index (Phi) is 3.82. The largest absolute Gasteiger partial charge is 0.344 e. The van der Waals surface area contributed by atoms with Gasteiger partial charge in [-0.05, 0) is 18.1 Å². The van der Waals surface area contributed by atoms with Crippen molar-refractivity contribution in [1.82, 2.24) is 6.15 Å². The average Bonchev–Trinajstić information content (AvgIpc) is 2.31. The number of nitrogens with two attached hydrogens (primary N) is 1. The molecule has 0 aliphatic rings. The molecule has 2 nitrogen and oxygen atoms in total. The van der Waals surface area contributed by atoms with Gasteiger partial charge in [0, 0.05) is 0 Å². The SMILES string of the molecule is CC(N)(c1ccccc1)c1ccccc1.N. The summed E-state index contributed by atoms with van der Waals surface area (Å²) in [5, 5.41) is 0. The summed E-state index contributed by atoms with van der Waals surface area (Å²) in [6.45, 7) is 2.04. The van der Waals surface area contributed by atoms with Gasteiger partial charge in [-0.3, -0.25) is 0 Å². The van der Waals surface area contributed by atoms with Crippen LogP contribution in [0.4, 0.5) is 0 Å². The van der Waals surface area contributed by atoms with Crippen molar-refractivity contribution >= 4 is 0 Å². The molecule has 0 aromatic heterocycles. The van der Waals surface area contributed by atoms with Gasteiger partial charge in [0.15, 0.2) is 0 Å². The maximum absolute atomic E-state index is 6.36. The molecule has 0 amide bonds. The zero-order valence-corrected chi connectivity index (χ0v) is 9.56. The summed E-state index contributed by atoms with van der Waals surface area (Å²) in [6, 6.07) is 20.3. The molecule has 2 aromatic carbocycles. The third-order valence-corrected chi connectivity index (χ3v) is 2.75. The lowest BCUT2D eigenvalue weighted by molar-refractivity contribution is 0.603. The standard InChI is InChI=1S/C14H15N.H3N/c1-14(15,12-8-4-2-5-9-12)13-10-6-3-7-11-13;/h2-11H,15H2,1H3;1H3. The summed E-state index contributed by atoms with van der Waals surface area (Å²) >= 11 is 0. The molecule has 0 saturated carbocycles. The van der Waals surface area contributed by atoms with E-state index in [2.05, 4.69) is 24.3 Å². The molecule has 0 aliphatic heterocycles. The van der Waals surface area contributed by atoms with Gasteiger partial charge in [0.25, 0.3) is 0 Å². The second-order valence-electron chi connectivity index (χ2n) is 3.93. The lowest BCUT2D eigenvalue weighted by Gasteiger charge is -2.25. The van der Waals surface area contributed by atoms with Gasteiger partial charge >= 0.3 is 0 Å². The van der Waals surface area contributed by atoms with Gasteiger partial charge < -0.3 is 11.9 Å². The molecular weight excluding hydrogens is 196 g/mol. The van der Waals surface area contributed by atoms with Crippen LogP contribution in [0.1, 0.15) is 18.1 Å². The van der Waals surface area contributed by atoms with Crippen LogP contribution >= 0.6 is 0 Å². The van der Waals surface area contributed by atoms with Gasteiger partial charge in [-0.25, -0.2) is 0 Å². The van der Waals surface area contributed by atoms with Crippen LogP contribution in [-0.2, 0) is 5.54 Å². The molecule has 0 heterocycles. The van der Waals surface area contributed by atoms with Crippen LogP contribution in [0.25, 0.3) is 0 Å². The highest BCUT2D eigenvalue weighted by atomic mass is 14.7. The van der Waals surface area contributed by atoms with Crippen LogP contribution in [0.2, 0.25) is 0 Å². The Morgan fingerprint density at radius 1 is 0.750 bits per heavy atom. The summed E-state index contributed by atoms with van der Waals surface area (Å²) in [5.74, 6) is 0. The number of benzene rings is 2. The van der Waals surface area contributed by atoms with Crippen molar-refractivity contribution in [3.63, 3.8) is 0 Å². The first-order chi connectivity index (χ1) is 7.21. The van der Waals surface area contributed by atoms with Crippen molar-refractivity contribution in [3.05, 3.63) is 71.8 Å². The van der Waals surface area contributed by atoms with Crippen LogP contribution in [0.5, 0.6) is 0 Å². The van der Waals surface area contributed by atoms with Crippen LogP contribution in [0.3, 0.4) is 0 Å². The quantitative estimate of drug-likeness (QED) is 0.807. The molecule has 16 heavy (non-hydrogen) atoms. The van der Waals surface area contributed by atoms with E-state index >= 15 is 0 Å². The highest BCUT2D eigenvalue weighted by Gasteiger charge is 2.22. The van der Waals surface area contributed by atoms with Gasteiger partial charge in [-0.15, -0.1) is 0 Å². The van der Waals surface area contributed by atoms with E-state index in [0.717, 1.165) is 11.1 Å². The van der Waals surface area contributed by atoms with Crippen molar-refractivity contribution in [1.29, 1.82) is 0 Å². The van der Waals surface area contributed by atoms with Gasteiger partial charge in [0.05, 0.1) is 5.54 Å². The Bertz CT molecular complexity index is 380. The number of hydrogen-bond donors (Lipinski definition) is 2. The van der Waals surface area contributed by atoms with Crippen LogP contribution < -0.4 is 11.9 Å². The molecule has 0 spiro atoms. The summed E-state index contributed by atoms with van der Waals surface area (Å²) in [5.41, 5.74) is 8.22. The zero-order chi connectivity index (χ0) is 10.7. The Morgan fingerprint density at radius 2 is 1.06 bits per heavy atom. The maximum Gasteiger partial charge on any atom is 0.0636 e. The van der Waals surface area contributed by atoms with E-state index in [1.165, 1.54) is 0 Å². The molecule has 2 aromatic rings. The van der Waals surface area contributed by atoms with Crippen molar-refractivity contribution in [3.8, 4) is 0 Å². The molecule has 2 heteroatoms. The van der Waals surface area contributed by atoms with E-state index in [9.17, 15) is 0 Å². The number of hydrogen-bond acceptors (Lipinski definition) is 2. The summed E-state index contributed by atoms with van der Waals surface area (Å²) < 4.78 is 0. The fourth-order valence-electron chi connectivity index (χ4n) is 1.74. The topological polar surface area (TPSA) is 61.0 Å². The van der Waals surface area contributed by atoms with E-state index < -0.39 is 5.54 Å². The van der Waals surface area contributed by atoms with E-state index in [1.54, 1.807) is 0 Å². The zero-order valence-electron chi connectivity index (χ0n) is 9.56.